The van der Waals surface area contributed by atoms with Crippen LogP contribution in [0.15, 0.2) is 22.7 Å². The minimum absolute atomic E-state index is 0.132. The van der Waals surface area contributed by atoms with E-state index in [1.165, 1.54) is 25.7 Å². The van der Waals surface area contributed by atoms with E-state index in [9.17, 15) is 10.1 Å². The molecule has 1 aliphatic rings. The number of nitrogens with zero attached hydrogens (tertiary/aromatic N) is 1. The second kappa shape index (κ2) is 6.48. The summed E-state index contributed by atoms with van der Waals surface area (Å²) in [6.45, 7) is 2.90. The number of hydrogen-bond donors (Lipinski definition) is 1. The van der Waals surface area contributed by atoms with Crippen LogP contribution in [0.5, 0.6) is 0 Å². The number of nitrogens with one attached hydrogen (secondary N) is 1. The summed E-state index contributed by atoms with van der Waals surface area (Å²) >= 11 is 3.20. The summed E-state index contributed by atoms with van der Waals surface area (Å²) in [5.41, 5.74) is 1.09. The van der Waals surface area contributed by atoms with Gasteiger partial charge < -0.3 is 5.32 Å². The van der Waals surface area contributed by atoms with Gasteiger partial charge in [-0.05, 0) is 53.2 Å². The number of benzene rings is 1. The zero-order valence-corrected chi connectivity index (χ0v) is 12.6. The van der Waals surface area contributed by atoms with Gasteiger partial charge in [-0.2, -0.15) is 0 Å². The molecule has 1 saturated carbocycles. The highest BCUT2D eigenvalue weighted by atomic mass is 79.9. The molecule has 1 atom stereocenters. The van der Waals surface area contributed by atoms with Gasteiger partial charge >= 0.3 is 0 Å². The first-order valence-corrected chi connectivity index (χ1v) is 7.53. The molecule has 4 nitrogen and oxygen atoms in total. The van der Waals surface area contributed by atoms with Gasteiger partial charge in [0.05, 0.1) is 9.40 Å². The van der Waals surface area contributed by atoms with E-state index < -0.39 is 0 Å². The standard InChI is InChI=1S/C14H19BrN2O2/c1-10(12-4-2-3-5-12)16-9-11-6-7-13(15)14(8-11)17(18)19/h6-8,10,12,16H,2-5,9H2,1H3/t10-/m0/s1. The molecule has 0 amide bonds. The van der Waals surface area contributed by atoms with Crippen molar-refractivity contribution in [3.05, 3.63) is 38.3 Å². The van der Waals surface area contributed by atoms with Crippen LogP contribution < -0.4 is 5.32 Å². The van der Waals surface area contributed by atoms with Gasteiger partial charge in [0.15, 0.2) is 0 Å². The lowest BCUT2D eigenvalue weighted by Crippen LogP contribution is -2.31. The summed E-state index contributed by atoms with van der Waals surface area (Å²) in [5, 5.41) is 14.4. The van der Waals surface area contributed by atoms with Crippen molar-refractivity contribution in [2.24, 2.45) is 5.92 Å². The highest BCUT2D eigenvalue weighted by molar-refractivity contribution is 9.10. The molecule has 0 unspecified atom stereocenters. The van der Waals surface area contributed by atoms with Crippen LogP contribution in [0.2, 0.25) is 0 Å². The fraction of sp³-hybridized carbons (Fsp3) is 0.571. The molecule has 1 N–H and O–H groups in total. The summed E-state index contributed by atoms with van der Waals surface area (Å²) in [7, 11) is 0. The molecule has 0 aromatic heterocycles. The average Bonchev–Trinajstić information content (AvgIpc) is 2.91. The zero-order chi connectivity index (χ0) is 13.8. The molecule has 0 bridgehead atoms. The van der Waals surface area contributed by atoms with E-state index in [4.69, 9.17) is 0 Å². The van der Waals surface area contributed by atoms with Gasteiger partial charge in [0.25, 0.3) is 5.69 Å². The molecule has 19 heavy (non-hydrogen) atoms. The summed E-state index contributed by atoms with van der Waals surface area (Å²) in [6.07, 6.45) is 5.27. The highest BCUT2D eigenvalue weighted by Crippen LogP contribution is 2.28. The van der Waals surface area contributed by atoms with Crippen LogP contribution in [0.4, 0.5) is 5.69 Å². The smallest absolute Gasteiger partial charge is 0.283 e. The van der Waals surface area contributed by atoms with E-state index >= 15 is 0 Å². The van der Waals surface area contributed by atoms with Crippen LogP contribution in [0, 0.1) is 16.0 Å². The van der Waals surface area contributed by atoms with Gasteiger partial charge in [-0.3, -0.25) is 10.1 Å². The monoisotopic (exact) mass is 326 g/mol. The molecule has 0 saturated heterocycles. The minimum Gasteiger partial charge on any atom is -0.310 e. The van der Waals surface area contributed by atoms with Crippen molar-refractivity contribution in [2.75, 3.05) is 0 Å². The first-order chi connectivity index (χ1) is 9.08. The second-order valence-electron chi connectivity index (χ2n) is 5.26. The van der Waals surface area contributed by atoms with Gasteiger partial charge in [-0.1, -0.05) is 18.9 Å². The van der Waals surface area contributed by atoms with Crippen LogP contribution in [-0.4, -0.2) is 11.0 Å². The number of nitro groups is 1. The molecular formula is C14H19BrN2O2. The minimum atomic E-state index is -0.353. The third-order valence-electron chi connectivity index (χ3n) is 3.94. The third kappa shape index (κ3) is 3.76. The van der Waals surface area contributed by atoms with Crippen molar-refractivity contribution in [1.29, 1.82) is 0 Å². The molecule has 1 fully saturated rings. The second-order valence-corrected chi connectivity index (χ2v) is 6.11. The van der Waals surface area contributed by atoms with Crippen LogP contribution in [0.1, 0.15) is 38.2 Å². The Morgan fingerprint density at radius 1 is 1.47 bits per heavy atom. The van der Waals surface area contributed by atoms with E-state index in [1.54, 1.807) is 12.1 Å². The molecule has 0 heterocycles. The average molecular weight is 327 g/mol. The van der Waals surface area contributed by atoms with Gasteiger partial charge in [-0.25, -0.2) is 0 Å². The Bertz CT molecular complexity index is 459. The van der Waals surface area contributed by atoms with Crippen LogP contribution in [0.25, 0.3) is 0 Å². The van der Waals surface area contributed by atoms with Gasteiger partial charge in [-0.15, -0.1) is 0 Å². The lowest BCUT2D eigenvalue weighted by molar-refractivity contribution is -0.385. The Kier molecular flexibility index (Phi) is 4.93. The number of hydrogen-bond acceptors (Lipinski definition) is 3. The van der Waals surface area contributed by atoms with Gasteiger partial charge in [0, 0.05) is 18.7 Å². The number of nitro benzene ring substituents is 1. The van der Waals surface area contributed by atoms with E-state index in [0.29, 0.717) is 17.1 Å². The molecule has 5 heteroatoms. The SMILES string of the molecule is C[C@H](NCc1ccc(Br)c([N+](=O)[O-])c1)C1CCCC1. The maximum absolute atomic E-state index is 10.9. The summed E-state index contributed by atoms with van der Waals surface area (Å²) in [6, 6.07) is 5.78. The first-order valence-electron chi connectivity index (χ1n) is 6.74. The maximum atomic E-state index is 10.9. The summed E-state index contributed by atoms with van der Waals surface area (Å²) in [4.78, 5) is 10.5. The molecule has 1 aromatic carbocycles. The molecule has 2 rings (SSSR count). The number of halogens is 1. The Balaban J connectivity index is 1.95. The van der Waals surface area contributed by atoms with Crippen molar-refractivity contribution < 1.29 is 4.92 Å². The third-order valence-corrected chi connectivity index (χ3v) is 4.61. The number of rotatable bonds is 5. The maximum Gasteiger partial charge on any atom is 0.283 e. The zero-order valence-electron chi connectivity index (χ0n) is 11.1. The fourth-order valence-corrected chi connectivity index (χ4v) is 3.10. The van der Waals surface area contributed by atoms with Crippen molar-refractivity contribution in [2.45, 2.75) is 45.2 Å². The van der Waals surface area contributed by atoms with E-state index in [2.05, 4.69) is 28.2 Å². The molecule has 104 valence electrons. The van der Waals surface area contributed by atoms with E-state index in [0.717, 1.165) is 11.5 Å². The van der Waals surface area contributed by atoms with Gasteiger partial charge in [0.1, 0.15) is 0 Å². The largest absolute Gasteiger partial charge is 0.310 e. The Labute approximate surface area is 121 Å². The molecule has 1 aromatic rings. The lowest BCUT2D eigenvalue weighted by Gasteiger charge is -2.20. The molecule has 0 radical (unpaired) electrons. The van der Waals surface area contributed by atoms with Crippen LogP contribution in [-0.2, 0) is 6.54 Å². The van der Waals surface area contributed by atoms with E-state index in [-0.39, 0.29) is 10.6 Å². The van der Waals surface area contributed by atoms with Crippen molar-refractivity contribution in [3.8, 4) is 0 Å². The Hall–Kier alpha value is -0.940. The molecule has 0 aliphatic heterocycles. The fourth-order valence-electron chi connectivity index (χ4n) is 2.71. The van der Waals surface area contributed by atoms with Crippen molar-refractivity contribution >= 4 is 21.6 Å². The lowest BCUT2D eigenvalue weighted by atomic mass is 9.99. The Morgan fingerprint density at radius 2 is 2.16 bits per heavy atom. The molecule has 1 aliphatic carbocycles. The quantitative estimate of drug-likeness (QED) is 0.656. The predicted molar refractivity (Wildman–Crippen MR) is 79.1 cm³/mol. The summed E-state index contributed by atoms with van der Waals surface area (Å²) in [5.74, 6) is 0.755. The topological polar surface area (TPSA) is 55.2 Å². The highest BCUT2D eigenvalue weighted by Gasteiger charge is 2.21. The van der Waals surface area contributed by atoms with Crippen LogP contribution in [0.3, 0.4) is 0 Å². The predicted octanol–water partition coefficient (Wildman–Crippen LogP) is 4.03. The molecule has 0 spiro atoms. The first kappa shape index (κ1) is 14.5. The van der Waals surface area contributed by atoms with E-state index in [1.807, 2.05) is 6.07 Å². The van der Waals surface area contributed by atoms with Crippen molar-refractivity contribution in [3.63, 3.8) is 0 Å². The Morgan fingerprint density at radius 3 is 2.79 bits per heavy atom. The summed E-state index contributed by atoms with van der Waals surface area (Å²) < 4.78 is 0.532. The molecular weight excluding hydrogens is 308 g/mol. The van der Waals surface area contributed by atoms with Crippen molar-refractivity contribution in [1.82, 2.24) is 5.32 Å². The normalized spacial score (nSPS) is 17.6. The van der Waals surface area contributed by atoms with Crippen LogP contribution >= 0.6 is 15.9 Å². The van der Waals surface area contributed by atoms with Gasteiger partial charge in [0.2, 0.25) is 0 Å².